The number of para-hydroxylation sites is 1. The zero-order valence-electron chi connectivity index (χ0n) is 13.9. The van der Waals surface area contributed by atoms with E-state index in [9.17, 15) is 4.79 Å². The average Bonchev–Trinajstić information content (AvgIpc) is 3.04. The molecule has 0 saturated carbocycles. The van der Waals surface area contributed by atoms with Crippen molar-refractivity contribution in [3.05, 3.63) is 54.7 Å². The van der Waals surface area contributed by atoms with Gasteiger partial charge in [-0.2, -0.15) is 0 Å². The van der Waals surface area contributed by atoms with Crippen molar-refractivity contribution in [1.82, 2.24) is 4.57 Å². The second kappa shape index (κ2) is 6.66. The predicted molar refractivity (Wildman–Crippen MR) is 94.8 cm³/mol. The summed E-state index contributed by atoms with van der Waals surface area (Å²) in [5.41, 5.74) is 1.67. The number of ether oxygens (including phenoxy) is 2. The lowest BCUT2D eigenvalue weighted by atomic mass is 10.2. The van der Waals surface area contributed by atoms with Crippen molar-refractivity contribution >= 4 is 22.5 Å². The van der Waals surface area contributed by atoms with Gasteiger partial charge in [-0.1, -0.05) is 18.2 Å². The van der Waals surface area contributed by atoms with Crippen LogP contribution in [0, 0.1) is 0 Å². The first-order chi connectivity index (χ1) is 11.6. The number of anilines is 1. The normalized spacial score (nSPS) is 12.0. The van der Waals surface area contributed by atoms with Gasteiger partial charge in [-0.3, -0.25) is 4.79 Å². The number of rotatable bonds is 5. The third-order valence-electron chi connectivity index (χ3n) is 4.07. The molecule has 24 heavy (non-hydrogen) atoms. The highest BCUT2D eigenvalue weighted by Crippen LogP contribution is 2.33. The molecule has 0 saturated heterocycles. The Hall–Kier alpha value is -2.95. The van der Waals surface area contributed by atoms with Gasteiger partial charge >= 0.3 is 0 Å². The number of carbonyl (C=O) groups is 1. The van der Waals surface area contributed by atoms with Crippen LogP contribution in [-0.4, -0.2) is 24.7 Å². The van der Waals surface area contributed by atoms with Gasteiger partial charge < -0.3 is 19.4 Å². The van der Waals surface area contributed by atoms with Crippen molar-refractivity contribution in [3.63, 3.8) is 0 Å². The van der Waals surface area contributed by atoms with E-state index in [0.29, 0.717) is 5.75 Å². The summed E-state index contributed by atoms with van der Waals surface area (Å²) in [5.74, 6) is 1.33. The van der Waals surface area contributed by atoms with E-state index in [1.807, 2.05) is 66.2 Å². The average molecular weight is 324 g/mol. The van der Waals surface area contributed by atoms with Crippen LogP contribution in [0.25, 0.3) is 10.9 Å². The van der Waals surface area contributed by atoms with Gasteiger partial charge in [0.25, 0.3) is 0 Å². The molecular formula is C19H20N2O3. The summed E-state index contributed by atoms with van der Waals surface area (Å²) < 4.78 is 12.7. The molecular weight excluding hydrogens is 304 g/mol. The van der Waals surface area contributed by atoms with E-state index in [4.69, 9.17) is 9.47 Å². The summed E-state index contributed by atoms with van der Waals surface area (Å²) in [6, 6.07) is 14.7. The fourth-order valence-corrected chi connectivity index (χ4v) is 2.72. The molecule has 1 atom stereocenters. The number of methoxy groups -OCH3 is 2. The quantitative estimate of drug-likeness (QED) is 0.775. The zero-order chi connectivity index (χ0) is 17.1. The molecule has 0 aliphatic heterocycles. The van der Waals surface area contributed by atoms with Crippen molar-refractivity contribution in [2.45, 2.75) is 13.0 Å². The first kappa shape index (κ1) is 15.9. The number of carbonyl (C=O) groups excluding carboxylic acids is 1. The topological polar surface area (TPSA) is 52.5 Å². The van der Waals surface area contributed by atoms with E-state index in [0.717, 1.165) is 22.3 Å². The number of hydrogen-bond donors (Lipinski definition) is 1. The second-order valence-electron chi connectivity index (χ2n) is 5.52. The Morgan fingerprint density at radius 1 is 1.08 bits per heavy atom. The van der Waals surface area contributed by atoms with Crippen LogP contribution in [0.5, 0.6) is 11.5 Å². The van der Waals surface area contributed by atoms with Crippen LogP contribution in [0.15, 0.2) is 54.7 Å². The van der Waals surface area contributed by atoms with E-state index < -0.39 is 0 Å². The predicted octanol–water partition coefficient (Wildman–Crippen LogP) is 3.86. The number of nitrogens with one attached hydrogen (secondary N) is 1. The summed E-state index contributed by atoms with van der Waals surface area (Å²) in [5, 5.41) is 3.87. The molecule has 0 fully saturated rings. The molecule has 1 amide bonds. The fraction of sp³-hybridized carbons (Fsp3) is 0.211. The number of benzene rings is 2. The van der Waals surface area contributed by atoms with Gasteiger partial charge in [0.1, 0.15) is 17.5 Å². The van der Waals surface area contributed by atoms with E-state index in [2.05, 4.69) is 5.32 Å². The van der Waals surface area contributed by atoms with Crippen LogP contribution >= 0.6 is 0 Å². The Bertz CT molecular complexity index is 856. The Balaban J connectivity index is 1.95. The van der Waals surface area contributed by atoms with Crippen LogP contribution in [-0.2, 0) is 4.79 Å². The summed E-state index contributed by atoms with van der Waals surface area (Å²) in [4.78, 5) is 12.6. The van der Waals surface area contributed by atoms with Crippen LogP contribution in [0.2, 0.25) is 0 Å². The van der Waals surface area contributed by atoms with Crippen LogP contribution in [0.3, 0.4) is 0 Å². The summed E-state index contributed by atoms with van der Waals surface area (Å²) >= 11 is 0. The van der Waals surface area contributed by atoms with E-state index in [1.165, 1.54) is 0 Å². The highest BCUT2D eigenvalue weighted by Gasteiger charge is 2.18. The molecule has 0 bridgehead atoms. The maximum Gasteiger partial charge on any atom is 0.247 e. The molecule has 0 aliphatic rings. The largest absolute Gasteiger partial charge is 0.497 e. The molecule has 5 nitrogen and oxygen atoms in total. The minimum atomic E-state index is -0.375. The number of nitrogens with zero attached hydrogens (tertiary/aromatic N) is 1. The van der Waals surface area contributed by atoms with Crippen molar-refractivity contribution in [1.29, 1.82) is 0 Å². The Labute approximate surface area is 140 Å². The first-order valence-corrected chi connectivity index (χ1v) is 7.72. The third kappa shape index (κ3) is 2.93. The molecule has 1 N–H and O–H groups in total. The molecule has 5 heteroatoms. The van der Waals surface area contributed by atoms with E-state index >= 15 is 0 Å². The molecule has 0 aliphatic carbocycles. The SMILES string of the molecule is COc1cc(OC)c2ccn(C(C)C(=O)Nc3ccccc3)c2c1. The first-order valence-electron chi connectivity index (χ1n) is 7.72. The van der Waals surface area contributed by atoms with Crippen LogP contribution in [0.1, 0.15) is 13.0 Å². The highest BCUT2D eigenvalue weighted by molar-refractivity contribution is 5.96. The molecule has 3 rings (SSSR count). The highest BCUT2D eigenvalue weighted by atomic mass is 16.5. The molecule has 0 radical (unpaired) electrons. The zero-order valence-corrected chi connectivity index (χ0v) is 13.9. The van der Waals surface area contributed by atoms with Crippen LogP contribution in [0.4, 0.5) is 5.69 Å². The number of hydrogen-bond acceptors (Lipinski definition) is 3. The fourth-order valence-electron chi connectivity index (χ4n) is 2.72. The molecule has 1 aromatic heterocycles. The number of fused-ring (bicyclic) bond motifs is 1. The van der Waals surface area contributed by atoms with Crippen LogP contribution < -0.4 is 14.8 Å². The summed E-state index contributed by atoms with van der Waals surface area (Å²) in [6.07, 6.45) is 1.89. The molecule has 0 spiro atoms. The molecule has 3 aromatic rings. The van der Waals surface area contributed by atoms with Gasteiger partial charge in [-0.15, -0.1) is 0 Å². The van der Waals surface area contributed by atoms with Crippen molar-refractivity contribution in [2.24, 2.45) is 0 Å². The number of amides is 1. The Kier molecular flexibility index (Phi) is 4.42. The second-order valence-corrected chi connectivity index (χ2v) is 5.52. The molecule has 1 heterocycles. The van der Waals surface area contributed by atoms with Gasteiger partial charge in [0.15, 0.2) is 0 Å². The van der Waals surface area contributed by atoms with Gasteiger partial charge in [0.05, 0.1) is 19.7 Å². The van der Waals surface area contributed by atoms with Crippen molar-refractivity contribution in [3.8, 4) is 11.5 Å². The van der Waals surface area contributed by atoms with E-state index in [1.54, 1.807) is 14.2 Å². The lowest BCUT2D eigenvalue weighted by molar-refractivity contribution is -0.118. The standard InChI is InChI=1S/C19H20N2O3/c1-13(19(22)20-14-7-5-4-6-8-14)21-10-9-16-17(21)11-15(23-2)12-18(16)24-3/h4-13H,1-3H3,(H,20,22). The lowest BCUT2D eigenvalue weighted by Crippen LogP contribution is -2.23. The summed E-state index contributed by atoms with van der Waals surface area (Å²) in [6.45, 7) is 1.86. The maximum atomic E-state index is 12.6. The Morgan fingerprint density at radius 2 is 1.83 bits per heavy atom. The molecule has 124 valence electrons. The summed E-state index contributed by atoms with van der Waals surface area (Å²) in [7, 11) is 3.23. The number of aromatic nitrogens is 1. The van der Waals surface area contributed by atoms with E-state index in [-0.39, 0.29) is 11.9 Å². The molecule has 1 unspecified atom stereocenters. The maximum absolute atomic E-state index is 12.6. The van der Waals surface area contributed by atoms with Crippen molar-refractivity contribution < 1.29 is 14.3 Å². The monoisotopic (exact) mass is 324 g/mol. The van der Waals surface area contributed by atoms with Crippen molar-refractivity contribution in [2.75, 3.05) is 19.5 Å². The van der Waals surface area contributed by atoms with Gasteiger partial charge in [-0.05, 0) is 25.1 Å². The minimum absolute atomic E-state index is 0.0829. The molecule has 2 aromatic carbocycles. The Morgan fingerprint density at radius 3 is 2.50 bits per heavy atom. The van der Waals surface area contributed by atoms with Gasteiger partial charge in [0, 0.05) is 29.4 Å². The van der Waals surface area contributed by atoms with Gasteiger partial charge in [0.2, 0.25) is 5.91 Å². The minimum Gasteiger partial charge on any atom is -0.497 e. The smallest absolute Gasteiger partial charge is 0.247 e. The lowest BCUT2D eigenvalue weighted by Gasteiger charge is -2.16. The third-order valence-corrected chi connectivity index (χ3v) is 4.07. The van der Waals surface area contributed by atoms with Gasteiger partial charge in [-0.25, -0.2) is 0 Å².